The van der Waals surface area contributed by atoms with Gasteiger partial charge in [0.15, 0.2) is 0 Å². The molecule has 0 bridgehead atoms. The summed E-state index contributed by atoms with van der Waals surface area (Å²) in [6, 6.07) is 6.81. The summed E-state index contributed by atoms with van der Waals surface area (Å²) in [5.74, 6) is 0. The molecule has 2 fully saturated rings. The fourth-order valence-corrected chi connectivity index (χ4v) is 4.09. The summed E-state index contributed by atoms with van der Waals surface area (Å²) in [4.78, 5) is 9.63. The molecule has 0 aliphatic carbocycles. The van der Waals surface area contributed by atoms with Crippen LogP contribution < -0.4 is 0 Å². The minimum Gasteiger partial charge on any atom is -0.380 e. The molecule has 4 nitrogen and oxygen atoms in total. The molecule has 0 saturated carbocycles. The summed E-state index contributed by atoms with van der Waals surface area (Å²) in [6.07, 6.45) is 7.07. The van der Waals surface area contributed by atoms with E-state index in [0.717, 1.165) is 19.8 Å². The normalized spacial score (nSPS) is 25.8. The van der Waals surface area contributed by atoms with Crippen LogP contribution in [-0.4, -0.2) is 59.7 Å². The minimum absolute atomic E-state index is 0.419. The van der Waals surface area contributed by atoms with Gasteiger partial charge < -0.3 is 4.74 Å². The van der Waals surface area contributed by atoms with Gasteiger partial charge in [-0.15, -0.1) is 0 Å². The molecule has 0 aromatic carbocycles. The van der Waals surface area contributed by atoms with Crippen molar-refractivity contribution in [2.24, 2.45) is 0 Å². The highest BCUT2D eigenvalue weighted by Gasteiger charge is 2.45. The number of rotatable bonds is 5. The van der Waals surface area contributed by atoms with Crippen LogP contribution in [0.15, 0.2) is 24.4 Å². The van der Waals surface area contributed by atoms with Crippen LogP contribution >= 0.6 is 0 Å². The molecule has 2 aliphatic heterocycles. The van der Waals surface area contributed by atoms with Crippen LogP contribution in [0, 0.1) is 0 Å². The van der Waals surface area contributed by atoms with E-state index in [1.54, 1.807) is 0 Å². The predicted molar refractivity (Wildman–Crippen MR) is 88.8 cm³/mol. The summed E-state index contributed by atoms with van der Waals surface area (Å²) in [5.41, 5.74) is 1.61. The van der Waals surface area contributed by atoms with Gasteiger partial charge in [0.1, 0.15) is 0 Å². The first-order chi connectivity index (χ1) is 10.7. The van der Waals surface area contributed by atoms with Gasteiger partial charge in [0.25, 0.3) is 0 Å². The first kappa shape index (κ1) is 15.9. The molecule has 2 saturated heterocycles. The molecular formula is C18H29N3O. The number of nitrogens with zero attached hydrogens (tertiary/aromatic N) is 3. The van der Waals surface area contributed by atoms with Crippen LogP contribution in [0.25, 0.3) is 0 Å². The van der Waals surface area contributed by atoms with E-state index < -0.39 is 0 Å². The lowest BCUT2D eigenvalue weighted by Crippen LogP contribution is -2.52. The van der Waals surface area contributed by atoms with E-state index in [1.807, 2.05) is 12.3 Å². The second-order valence-corrected chi connectivity index (χ2v) is 6.78. The lowest BCUT2D eigenvalue weighted by Gasteiger charge is -2.45. The highest BCUT2D eigenvalue weighted by Crippen LogP contribution is 2.40. The third kappa shape index (κ3) is 3.34. The second kappa shape index (κ2) is 7.07. The predicted octanol–water partition coefficient (Wildman–Crippen LogP) is 2.55. The summed E-state index contributed by atoms with van der Waals surface area (Å²) >= 11 is 0. The Labute approximate surface area is 134 Å². The zero-order valence-electron chi connectivity index (χ0n) is 14.0. The smallest absolute Gasteiger partial charge is 0.0621 e. The number of pyridine rings is 1. The molecule has 1 atom stereocenters. The Morgan fingerprint density at radius 3 is 2.77 bits per heavy atom. The van der Waals surface area contributed by atoms with Crippen LogP contribution in [0.3, 0.4) is 0 Å². The lowest BCUT2D eigenvalue weighted by atomic mass is 9.85. The maximum Gasteiger partial charge on any atom is 0.0621 e. The number of hydrogen-bond donors (Lipinski definition) is 0. The van der Waals surface area contributed by atoms with Crippen molar-refractivity contribution >= 4 is 0 Å². The molecule has 3 heterocycles. The van der Waals surface area contributed by atoms with Crippen LogP contribution in [0.2, 0.25) is 0 Å². The van der Waals surface area contributed by atoms with E-state index in [2.05, 4.69) is 40.9 Å². The molecule has 122 valence electrons. The third-order valence-corrected chi connectivity index (χ3v) is 5.65. The fraction of sp³-hybridized carbons (Fsp3) is 0.722. The molecule has 1 unspecified atom stereocenters. The number of piperidine rings is 1. The van der Waals surface area contributed by atoms with Gasteiger partial charge in [0.05, 0.1) is 12.3 Å². The van der Waals surface area contributed by atoms with Gasteiger partial charge in [-0.05, 0) is 51.8 Å². The van der Waals surface area contributed by atoms with Crippen LogP contribution in [0.5, 0.6) is 0 Å². The first-order valence-electron chi connectivity index (χ1n) is 8.66. The van der Waals surface area contributed by atoms with E-state index in [9.17, 15) is 0 Å². The van der Waals surface area contributed by atoms with Gasteiger partial charge in [-0.25, -0.2) is 0 Å². The van der Waals surface area contributed by atoms with Gasteiger partial charge in [0, 0.05) is 44.0 Å². The van der Waals surface area contributed by atoms with E-state index in [0.29, 0.717) is 11.6 Å². The Hall–Kier alpha value is -0.970. The molecule has 0 amide bonds. The van der Waals surface area contributed by atoms with Gasteiger partial charge in [0.2, 0.25) is 0 Å². The lowest BCUT2D eigenvalue weighted by molar-refractivity contribution is 0.0203. The highest BCUT2D eigenvalue weighted by molar-refractivity contribution is 5.05. The monoisotopic (exact) mass is 303 g/mol. The topological polar surface area (TPSA) is 28.6 Å². The van der Waals surface area contributed by atoms with Crippen molar-refractivity contribution in [3.8, 4) is 0 Å². The largest absolute Gasteiger partial charge is 0.380 e. The SMILES string of the molecule is CCOCC1CCC2(CCN(Cc3ccccn3)CC2)N1C. The van der Waals surface area contributed by atoms with Crippen molar-refractivity contribution in [3.63, 3.8) is 0 Å². The summed E-state index contributed by atoms with van der Waals surface area (Å²) in [6.45, 7) is 7.16. The Kier molecular flexibility index (Phi) is 5.11. The average Bonchev–Trinajstić information content (AvgIpc) is 2.85. The van der Waals surface area contributed by atoms with Gasteiger partial charge in [-0.1, -0.05) is 6.07 Å². The van der Waals surface area contributed by atoms with E-state index in [1.165, 1.54) is 44.5 Å². The third-order valence-electron chi connectivity index (χ3n) is 5.65. The number of hydrogen-bond acceptors (Lipinski definition) is 4. The molecule has 2 aliphatic rings. The number of likely N-dealkylation sites (tertiary alicyclic amines) is 2. The fourth-order valence-electron chi connectivity index (χ4n) is 4.09. The van der Waals surface area contributed by atoms with E-state index >= 15 is 0 Å². The van der Waals surface area contributed by atoms with Gasteiger partial charge in [-0.3, -0.25) is 14.8 Å². The van der Waals surface area contributed by atoms with Crippen LogP contribution in [-0.2, 0) is 11.3 Å². The number of aromatic nitrogens is 1. The van der Waals surface area contributed by atoms with Gasteiger partial charge in [-0.2, -0.15) is 0 Å². The number of ether oxygens (including phenoxy) is 1. The van der Waals surface area contributed by atoms with E-state index in [-0.39, 0.29) is 0 Å². The molecule has 1 spiro atoms. The van der Waals surface area contributed by atoms with Crippen LogP contribution in [0.1, 0.15) is 38.3 Å². The Morgan fingerprint density at radius 1 is 1.27 bits per heavy atom. The highest BCUT2D eigenvalue weighted by atomic mass is 16.5. The van der Waals surface area contributed by atoms with Crippen molar-refractivity contribution in [3.05, 3.63) is 30.1 Å². The second-order valence-electron chi connectivity index (χ2n) is 6.78. The van der Waals surface area contributed by atoms with Crippen LogP contribution in [0.4, 0.5) is 0 Å². The molecule has 1 aromatic heterocycles. The van der Waals surface area contributed by atoms with Crippen molar-refractivity contribution in [1.29, 1.82) is 0 Å². The molecule has 22 heavy (non-hydrogen) atoms. The van der Waals surface area contributed by atoms with Crippen molar-refractivity contribution in [2.75, 3.05) is 33.4 Å². The van der Waals surface area contributed by atoms with Crippen molar-refractivity contribution < 1.29 is 4.74 Å². The first-order valence-corrected chi connectivity index (χ1v) is 8.66. The molecule has 0 radical (unpaired) electrons. The van der Waals surface area contributed by atoms with Crippen molar-refractivity contribution in [1.82, 2.24) is 14.8 Å². The number of likely N-dealkylation sites (N-methyl/N-ethyl adjacent to an activating group) is 1. The van der Waals surface area contributed by atoms with E-state index in [4.69, 9.17) is 4.74 Å². The average molecular weight is 303 g/mol. The Bertz CT molecular complexity index is 457. The summed E-state index contributed by atoms with van der Waals surface area (Å²) in [5, 5.41) is 0. The molecule has 4 heteroatoms. The minimum atomic E-state index is 0.419. The zero-order valence-corrected chi connectivity index (χ0v) is 14.0. The molecule has 3 rings (SSSR count). The quantitative estimate of drug-likeness (QED) is 0.836. The summed E-state index contributed by atoms with van der Waals surface area (Å²) < 4.78 is 5.66. The maximum absolute atomic E-state index is 5.66. The van der Waals surface area contributed by atoms with Crippen molar-refractivity contribution in [2.45, 2.75) is 50.7 Å². The Balaban J connectivity index is 1.53. The standard InChI is InChI=1S/C18H29N3O/c1-3-22-15-17-7-8-18(20(17)2)9-12-21(13-10-18)14-16-6-4-5-11-19-16/h4-6,11,17H,3,7-10,12-15H2,1-2H3. The Morgan fingerprint density at radius 2 is 2.09 bits per heavy atom. The molecule has 1 aromatic rings. The van der Waals surface area contributed by atoms with Gasteiger partial charge >= 0.3 is 0 Å². The zero-order chi connectivity index (χ0) is 15.4. The molecular weight excluding hydrogens is 274 g/mol. The molecule has 0 N–H and O–H groups in total. The summed E-state index contributed by atoms with van der Waals surface area (Å²) in [7, 11) is 2.31. The maximum atomic E-state index is 5.66.